The van der Waals surface area contributed by atoms with Gasteiger partial charge in [-0.2, -0.15) is 0 Å². The first-order valence-corrected chi connectivity index (χ1v) is 9.46. The molecule has 0 saturated carbocycles. The van der Waals surface area contributed by atoms with Crippen LogP contribution in [-0.2, 0) is 16.6 Å². The fraction of sp³-hybridized carbons (Fsp3) is 0.158. The van der Waals surface area contributed by atoms with Crippen molar-refractivity contribution in [2.45, 2.75) is 11.4 Å². The van der Waals surface area contributed by atoms with Crippen LogP contribution in [0.15, 0.2) is 65.7 Å². The maximum Gasteiger partial charge on any atom is 0.240 e. The highest BCUT2D eigenvalue weighted by Gasteiger charge is 2.17. The summed E-state index contributed by atoms with van der Waals surface area (Å²) in [5.74, 6) is 1.32. The van der Waals surface area contributed by atoms with Crippen molar-refractivity contribution < 1.29 is 17.9 Å². The van der Waals surface area contributed by atoms with E-state index in [0.717, 1.165) is 17.0 Å². The quantitative estimate of drug-likeness (QED) is 0.667. The predicted molar refractivity (Wildman–Crippen MR) is 99.8 cm³/mol. The van der Waals surface area contributed by atoms with Crippen molar-refractivity contribution in [1.29, 1.82) is 0 Å². The summed E-state index contributed by atoms with van der Waals surface area (Å²) in [6.07, 6.45) is 1.78. The van der Waals surface area contributed by atoms with Crippen molar-refractivity contribution in [3.8, 4) is 22.8 Å². The van der Waals surface area contributed by atoms with E-state index in [-0.39, 0.29) is 11.4 Å². The minimum absolute atomic E-state index is 0.177. The summed E-state index contributed by atoms with van der Waals surface area (Å²) < 4.78 is 38.4. The highest BCUT2D eigenvalue weighted by atomic mass is 32.2. The second kappa shape index (κ2) is 7.63. The Morgan fingerprint density at radius 1 is 1.00 bits per heavy atom. The Morgan fingerprint density at radius 3 is 2.38 bits per heavy atom. The first-order chi connectivity index (χ1) is 12.5. The molecular formula is C19H20N2O4S. The number of ether oxygens (including phenoxy) is 2. The van der Waals surface area contributed by atoms with Gasteiger partial charge in [-0.3, -0.25) is 0 Å². The second-order valence-corrected chi connectivity index (χ2v) is 7.39. The first-order valence-electron chi connectivity index (χ1n) is 7.98. The van der Waals surface area contributed by atoms with Gasteiger partial charge in [0.15, 0.2) is 0 Å². The van der Waals surface area contributed by atoms with Gasteiger partial charge in [0.05, 0.1) is 19.1 Å². The minimum Gasteiger partial charge on any atom is -0.497 e. The molecule has 0 saturated heterocycles. The lowest BCUT2D eigenvalue weighted by atomic mass is 10.1. The van der Waals surface area contributed by atoms with Gasteiger partial charge in [-0.05, 0) is 48.0 Å². The van der Waals surface area contributed by atoms with Crippen LogP contribution in [0.2, 0.25) is 0 Å². The van der Waals surface area contributed by atoms with Crippen LogP contribution < -0.4 is 14.2 Å². The maximum absolute atomic E-state index is 12.7. The lowest BCUT2D eigenvalue weighted by Crippen LogP contribution is -2.23. The Balaban J connectivity index is 1.83. The van der Waals surface area contributed by atoms with E-state index in [0.29, 0.717) is 11.3 Å². The average Bonchev–Trinajstić information content (AvgIpc) is 3.21. The number of hydrogen-bond donors (Lipinski definition) is 2. The van der Waals surface area contributed by atoms with Gasteiger partial charge in [-0.25, -0.2) is 13.1 Å². The van der Waals surface area contributed by atoms with E-state index in [1.54, 1.807) is 44.7 Å². The molecule has 0 radical (unpaired) electrons. The Labute approximate surface area is 152 Å². The van der Waals surface area contributed by atoms with Gasteiger partial charge in [0, 0.05) is 24.0 Å². The normalized spacial score (nSPS) is 11.3. The third-order valence-electron chi connectivity index (χ3n) is 3.99. The SMILES string of the molecule is COc1ccc(CNS(=O)(=O)c2ccc(OC)c(-c3ccc[nH]3)c2)cc1. The van der Waals surface area contributed by atoms with E-state index in [4.69, 9.17) is 9.47 Å². The molecule has 0 atom stereocenters. The molecule has 1 aromatic heterocycles. The summed E-state index contributed by atoms with van der Waals surface area (Å²) >= 11 is 0. The molecule has 3 rings (SSSR count). The summed E-state index contributed by atoms with van der Waals surface area (Å²) in [7, 11) is -0.524. The number of sulfonamides is 1. The summed E-state index contributed by atoms with van der Waals surface area (Å²) in [5.41, 5.74) is 2.31. The third-order valence-corrected chi connectivity index (χ3v) is 5.39. The zero-order valence-electron chi connectivity index (χ0n) is 14.5. The van der Waals surface area contributed by atoms with Crippen LogP contribution in [0, 0.1) is 0 Å². The fourth-order valence-electron chi connectivity index (χ4n) is 2.57. The molecule has 26 heavy (non-hydrogen) atoms. The predicted octanol–water partition coefficient (Wildman–Crippen LogP) is 3.18. The molecule has 6 nitrogen and oxygen atoms in total. The van der Waals surface area contributed by atoms with E-state index in [9.17, 15) is 8.42 Å². The van der Waals surface area contributed by atoms with E-state index in [2.05, 4.69) is 9.71 Å². The van der Waals surface area contributed by atoms with Crippen LogP contribution in [-0.4, -0.2) is 27.6 Å². The van der Waals surface area contributed by atoms with Crippen LogP contribution in [0.5, 0.6) is 11.5 Å². The number of aromatic nitrogens is 1. The van der Waals surface area contributed by atoms with Crippen molar-refractivity contribution in [1.82, 2.24) is 9.71 Å². The van der Waals surface area contributed by atoms with Crippen LogP contribution in [0.25, 0.3) is 11.3 Å². The number of aromatic amines is 1. The molecular weight excluding hydrogens is 352 g/mol. The molecule has 3 aromatic rings. The highest BCUT2D eigenvalue weighted by Crippen LogP contribution is 2.31. The Hall–Kier alpha value is -2.77. The van der Waals surface area contributed by atoms with Crippen molar-refractivity contribution >= 4 is 10.0 Å². The lowest BCUT2D eigenvalue weighted by Gasteiger charge is -2.11. The molecule has 0 fully saturated rings. The van der Waals surface area contributed by atoms with E-state index < -0.39 is 10.0 Å². The van der Waals surface area contributed by atoms with Gasteiger partial charge in [0.2, 0.25) is 10.0 Å². The Kier molecular flexibility index (Phi) is 5.29. The molecule has 0 unspecified atom stereocenters. The lowest BCUT2D eigenvalue weighted by molar-refractivity contribution is 0.414. The number of methoxy groups -OCH3 is 2. The Bertz CT molecular complexity index is 965. The third kappa shape index (κ3) is 3.89. The van der Waals surface area contributed by atoms with Gasteiger partial charge in [0.25, 0.3) is 0 Å². The zero-order chi connectivity index (χ0) is 18.6. The smallest absolute Gasteiger partial charge is 0.240 e. The molecule has 1 heterocycles. The summed E-state index contributed by atoms with van der Waals surface area (Å²) in [6, 6.07) is 15.7. The van der Waals surface area contributed by atoms with Crippen molar-refractivity contribution in [3.05, 3.63) is 66.4 Å². The first kappa shape index (κ1) is 18.0. The molecule has 2 aromatic carbocycles. The van der Waals surface area contributed by atoms with E-state index >= 15 is 0 Å². The highest BCUT2D eigenvalue weighted by molar-refractivity contribution is 7.89. The molecule has 0 bridgehead atoms. The number of nitrogens with one attached hydrogen (secondary N) is 2. The number of benzene rings is 2. The second-order valence-electron chi connectivity index (χ2n) is 5.62. The molecule has 0 aliphatic heterocycles. The average molecular weight is 372 g/mol. The van der Waals surface area contributed by atoms with Crippen LogP contribution >= 0.6 is 0 Å². The van der Waals surface area contributed by atoms with Crippen LogP contribution in [0.4, 0.5) is 0 Å². The Morgan fingerprint density at radius 2 is 1.77 bits per heavy atom. The number of H-pyrrole nitrogens is 1. The van der Waals surface area contributed by atoms with Gasteiger partial charge >= 0.3 is 0 Å². The maximum atomic E-state index is 12.7. The van der Waals surface area contributed by atoms with Gasteiger partial charge in [-0.1, -0.05) is 12.1 Å². The molecule has 7 heteroatoms. The van der Waals surface area contributed by atoms with Gasteiger partial charge in [0.1, 0.15) is 11.5 Å². The molecule has 0 aliphatic rings. The fourth-order valence-corrected chi connectivity index (χ4v) is 3.61. The van der Waals surface area contributed by atoms with E-state index in [1.165, 1.54) is 6.07 Å². The van der Waals surface area contributed by atoms with Crippen molar-refractivity contribution in [2.24, 2.45) is 0 Å². The molecule has 2 N–H and O–H groups in total. The topological polar surface area (TPSA) is 80.4 Å². The monoisotopic (exact) mass is 372 g/mol. The minimum atomic E-state index is -3.66. The van der Waals surface area contributed by atoms with Crippen LogP contribution in [0.1, 0.15) is 5.56 Å². The molecule has 0 amide bonds. The van der Waals surface area contributed by atoms with Crippen molar-refractivity contribution in [3.63, 3.8) is 0 Å². The van der Waals surface area contributed by atoms with E-state index in [1.807, 2.05) is 24.3 Å². The number of hydrogen-bond acceptors (Lipinski definition) is 4. The largest absolute Gasteiger partial charge is 0.497 e. The summed E-state index contributed by atoms with van der Waals surface area (Å²) in [6.45, 7) is 0.191. The zero-order valence-corrected chi connectivity index (χ0v) is 15.3. The molecule has 0 aliphatic carbocycles. The van der Waals surface area contributed by atoms with Gasteiger partial charge in [-0.15, -0.1) is 0 Å². The van der Waals surface area contributed by atoms with Crippen LogP contribution in [0.3, 0.4) is 0 Å². The summed E-state index contributed by atoms with van der Waals surface area (Å²) in [5, 5.41) is 0. The van der Waals surface area contributed by atoms with Gasteiger partial charge < -0.3 is 14.5 Å². The molecule has 136 valence electrons. The van der Waals surface area contributed by atoms with Crippen molar-refractivity contribution in [2.75, 3.05) is 14.2 Å². The standard InChI is InChI=1S/C19H20N2O4S/c1-24-15-7-5-14(6-8-15)13-21-26(22,23)16-9-10-19(25-2)17(12-16)18-4-3-11-20-18/h3-12,20-21H,13H2,1-2H3. The number of rotatable bonds is 7. The molecule has 0 spiro atoms. The summed E-state index contributed by atoms with van der Waals surface area (Å²) in [4.78, 5) is 3.25.